The number of carbonyl (C=O) groups is 2. The highest BCUT2D eigenvalue weighted by molar-refractivity contribution is 6.47. The van der Waals surface area contributed by atoms with E-state index in [1.54, 1.807) is 29.4 Å². The number of aliphatic hydroxyl groups excluding tert-OH is 1. The predicted octanol–water partition coefficient (Wildman–Crippen LogP) is 5.15. The van der Waals surface area contributed by atoms with Crippen molar-refractivity contribution in [2.75, 3.05) is 7.11 Å². The zero-order chi connectivity index (χ0) is 22.1. The molecule has 1 amide bonds. The summed E-state index contributed by atoms with van der Waals surface area (Å²) in [6, 6.07) is 5.67. The Morgan fingerprint density at radius 1 is 1.19 bits per heavy atom. The summed E-state index contributed by atoms with van der Waals surface area (Å²) < 4.78 is 5.35. The number of pyridine rings is 1. The van der Waals surface area contributed by atoms with Gasteiger partial charge in [-0.25, -0.2) is 0 Å². The largest absolute Gasteiger partial charge is 0.507 e. The molecular weight excluding hydrogens is 439 g/mol. The van der Waals surface area contributed by atoms with E-state index in [0.717, 1.165) is 32.1 Å². The number of halogens is 2. The Bertz CT molecular complexity index is 1050. The van der Waals surface area contributed by atoms with Crippen LogP contribution in [-0.2, 0) is 9.59 Å². The molecule has 1 aromatic carbocycles. The van der Waals surface area contributed by atoms with Gasteiger partial charge in [0, 0.05) is 23.5 Å². The summed E-state index contributed by atoms with van der Waals surface area (Å²) in [4.78, 5) is 32.1. The van der Waals surface area contributed by atoms with Crippen LogP contribution in [0.2, 0.25) is 10.0 Å². The van der Waals surface area contributed by atoms with Gasteiger partial charge in [0.25, 0.3) is 11.7 Å². The summed E-state index contributed by atoms with van der Waals surface area (Å²) in [7, 11) is 1.41. The molecule has 8 heteroatoms. The maximum absolute atomic E-state index is 13.2. The summed E-state index contributed by atoms with van der Waals surface area (Å²) in [6.07, 6.45) is 7.96. The van der Waals surface area contributed by atoms with Crippen LogP contribution in [0.15, 0.2) is 42.2 Å². The topological polar surface area (TPSA) is 79.7 Å². The van der Waals surface area contributed by atoms with Crippen molar-refractivity contribution < 1.29 is 19.4 Å². The molecule has 1 aliphatic carbocycles. The number of Topliss-reactive ketones (excluding diaryl/α,β-unsaturated/α-hetero) is 1. The van der Waals surface area contributed by atoms with Gasteiger partial charge in [-0.05, 0) is 36.6 Å². The van der Waals surface area contributed by atoms with Crippen molar-refractivity contribution in [3.05, 3.63) is 63.4 Å². The minimum Gasteiger partial charge on any atom is -0.507 e. The lowest BCUT2D eigenvalue weighted by Gasteiger charge is -2.35. The third-order valence-corrected chi connectivity index (χ3v) is 6.41. The number of rotatable bonds is 4. The van der Waals surface area contributed by atoms with Gasteiger partial charge < -0.3 is 14.7 Å². The number of ketones is 1. The second-order valence-corrected chi connectivity index (χ2v) is 8.60. The number of carbonyl (C=O) groups excluding carboxylic acids is 2. The molecule has 31 heavy (non-hydrogen) atoms. The van der Waals surface area contributed by atoms with Crippen molar-refractivity contribution in [3.63, 3.8) is 0 Å². The summed E-state index contributed by atoms with van der Waals surface area (Å²) in [5, 5.41) is 11.7. The van der Waals surface area contributed by atoms with Crippen molar-refractivity contribution in [1.29, 1.82) is 0 Å². The first-order valence-electron chi connectivity index (χ1n) is 10.2. The van der Waals surface area contributed by atoms with Crippen molar-refractivity contribution in [1.82, 2.24) is 9.88 Å². The van der Waals surface area contributed by atoms with E-state index in [1.165, 1.54) is 19.2 Å². The van der Waals surface area contributed by atoms with Gasteiger partial charge in [-0.1, -0.05) is 48.5 Å². The molecule has 0 bridgehead atoms. The molecule has 2 aromatic rings. The molecule has 1 saturated carbocycles. The van der Waals surface area contributed by atoms with Crippen LogP contribution in [0.1, 0.15) is 49.3 Å². The smallest absolute Gasteiger partial charge is 0.295 e. The van der Waals surface area contributed by atoms with Crippen LogP contribution in [0, 0.1) is 0 Å². The van der Waals surface area contributed by atoms with Crippen molar-refractivity contribution in [2.24, 2.45) is 0 Å². The number of hydrogen-bond donors (Lipinski definition) is 1. The molecule has 2 aliphatic rings. The zero-order valence-corrected chi connectivity index (χ0v) is 18.5. The van der Waals surface area contributed by atoms with E-state index in [4.69, 9.17) is 27.9 Å². The van der Waals surface area contributed by atoms with Crippen LogP contribution < -0.4 is 4.74 Å². The number of hydrogen-bond acceptors (Lipinski definition) is 5. The number of ether oxygens (including phenoxy) is 1. The van der Waals surface area contributed by atoms with Gasteiger partial charge in [-0.15, -0.1) is 0 Å². The summed E-state index contributed by atoms with van der Waals surface area (Å²) >= 11 is 12.4. The molecule has 162 valence electrons. The molecule has 0 spiro atoms. The highest BCUT2D eigenvalue weighted by Gasteiger charge is 2.49. The van der Waals surface area contributed by atoms with E-state index in [1.807, 2.05) is 0 Å². The van der Waals surface area contributed by atoms with Crippen LogP contribution in [0.5, 0.6) is 5.75 Å². The Hall–Kier alpha value is -2.57. The number of likely N-dealkylation sites (tertiary alicyclic amines) is 1. The number of benzene rings is 1. The van der Waals surface area contributed by atoms with E-state index in [-0.39, 0.29) is 38.7 Å². The molecule has 4 rings (SSSR count). The van der Waals surface area contributed by atoms with Gasteiger partial charge in [-0.2, -0.15) is 0 Å². The zero-order valence-electron chi connectivity index (χ0n) is 17.0. The van der Waals surface area contributed by atoms with Crippen LogP contribution >= 0.6 is 23.2 Å². The van der Waals surface area contributed by atoms with E-state index in [0.29, 0.717) is 5.56 Å². The lowest BCUT2D eigenvalue weighted by atomic mass is 9.91. The second-order valence-electron chi connectivity index (χ2n) is 7.75. The molecule has 2 fully saturated rings. The SMILES string of the molecule is COc1c(Cl)cc(Cl)cc1/C(O)=C1\C(=O)C(=O)N(C2CCCCC2)C1c1cccnc1. The molecule has 1 aliphatic heterocycles. The van der Waals surface area contributed by atoms with Crippen LogP contribution in [0.3, 0.4) is 0 Å². The Balaban J connectivity index is 1.93. The number of aromatic nitrogens is 1. The second kappa shape index (κ2) is 8.89. The van der Waals surface area contributed by atoms with Gasteiger partial charge >= 0.3 is 0 Å². The van der Waals surface area contributed by atoms with Gasteiger partial charge in [-0.3, -0.25) is 14.6 Å². The third-order valence-electron chi connectivity index (χ3n) is 5.92. The first kappa shape index (κ1) is 21.7. The average molecular weight is 461 g/mol. The monoisotopic (exact) mass is 460 g/mol. The average Bonchev–Trinajstić information content (AvgIpc) is 3.04. The molecule has 1 N–H and O–H groups in total. The highest BCUT2D eigenvalue weighted by Crippen LogP contribution is 2.45. The lowest BCUT2D eigenvalue weighted by Crippen LogP contribution is -2.40. The lowest BCUT2D eigenvalue weighted by molar-refractivity contribution is -0.141. The predicted molar refractivity (Wildman–Crippen MR) is 118 cm³/mol. The first-order valence-corrected chi connectivity index (χ1v) is 10.9. The number of amides is 1. The molecule has 1 atom stereocenters. The Morgan fingerprint density at radius 3 is 2.58 bits per heavy atom. The van der Waals surface area contributed by atoms with Gasteiger partial charge in [0.05, 0.1) is 29.3 Å². The van der Waals surface area contributed by atoms with Crippen LogP contribution in [-0.4, -0.2) is 39.8 Å². The van der Waals surface area contributed by atoms with E-state index in [9.17, 15) is 14.7 Å². The standard InChI is InChI=1S/C23H22Cl2N2O4/c1-31-22-16(10-14(24)11-17(22)25)20(28)18-19(13-6-5-9-26-12-13)27(23(30)21(18)29)15-7-3-2-4-8-15/h5-6,9-12,15,19,28H,2-4,7-8H2,1H3/b20-18+. The molecule has 2 heterocycles. The quantitative estimate of drug-likeness (QED) is 0.387. The van der Waals surface area contributed by atoms with Crippen LogP contribution in [0.4, 0.5) is 0 Å². The Kier molecular flexibility index (Phi) is 6.21. The fourth-order valence-electron chi connectivity index (χ4n) is 4.54. The maximum Gasteiger partial charge on any atom is 0.295 e. The number of aliphatic hydroxyl groups is 1. The van der Waals surface area contributed by atoms with E-state index in [2.05, 4.69) is 4.98 Å². The number of methoxy groups -OCH3 is 1. The minimum absolute atomic E-state index is 0.0137. The molecule has 1 unspecified atom stereocenters. The van der Waals surface area contributed by atoms with Crippen LogP contribution in [0.25, 0.3) is 5.76 Å². The first-order chi connectivity index (χ1) is 14.9. The third kappa shape index (κ3) is 3.90. The molecule has 6 nitrogen and oxygen atoms in total. The van der Waals surface area contributed by atoms with Gasteiger partial charge in [0.15, 0.2) is 0 Å². The molecule has 1 aromatic heterocycles. The van der Waals surface area contributed by atoms with Gasteiger partial charge in [0.1, 0.15) is 11.5 Å². The normalized spacial score (nSPS) is 21.5. The highest BCUT2D eigenvalue weighted by atomic mass is 35.5. The fourth-order valence-corrected chi connectivity index (χ4v) is 5.11. The maximum atomic E-state index is 13.2. The Labute approximate surface area is 190 Å². The molecular formula is C23H22Cl2N2O4. The fraction of sp³-hybridized carbons (Fsp3) is 0.348. The Morgan fingerprint density at radius 2 is 1.94 bits per heavy atom. The summed E-state index contributed by atoms with van der Waals surface area (Å²) in [6.45, 7) is 0. The van der Waals surface area contributed by atoms with E-state index >= 15 is 0 Å². The summed E-state index contributed by atoms with van der Waals surface area (Å²) in [5.74, 6) is -1.55. The number of nitrogens with zero attached hydrogens (tertiary/aromatic N) is 2. The minimum atomic E-state index is -0.751. The van der Waals surface area contributed by atoms with Gasteiger partial charge in [0.2, 0.25) is 0 Å². The van der Waals surface area contributed by atoms with E-state index < -0.39 is 17.7 Å². The molecule has 1 saturated heterocycles. The van der Waals surface area contributed by atoms with Crippen molar-refractivity contribution in [2.45, 2.75) is 44.2 Å². The van der Waals surface area contributed by atoms with Crippen molar-refractivity contribution >= 4 is 40.7 Å². The van der Waals surface area contributed by atoms with Crippen molar-refractivity contribution in [3.8, 4) is 5.75 Å². The summed E-state index contributed by atoms with van der Waals surface area (Å²) in [5.41, 5.74) is 0.802. The molecule has 0 radical (unpaired) electrons.